The summed E-state index contributed by atoms with van der Waals surface area (Å²) in [5.41, 5.74) is 0.695. The smallest absolute Gasteiger partial charge is 0.293 e. The molecule has 0 aliphatic heterocycles. The quantitative estimate of drug-likeness (QED) is 0.809. The Balaban J connectivity index is 2.17. The van der Waals surface area contributed by atoms with Gasteiger partial charge in [-0.3, -0.25) is 9.59 Å². The molecule has 0 bridgehead atoms. The lowest BCUT2D eigenvalue weighted by Crippen LogP contribution is -2.36. The Hall–Kier alpha value is -2.60. The summed E-state index contributed by atoms with van der Waals surface area (Å²) in [6.07, 6.45) is 2.02. The maximum absolute atomic E-state index is 12.6. The number of rotatable bonds is 7. The van der Waals surface area contributed by atoms with Crippen LogP contribution in [-0.2, 0) is 0 Å². The number of aliphatic hydroxyl groups excluding tert-OH is 1. The Bertz CT molecular complexity index is 723. The summed E-state index contributed by atoms with van der Waals surface area (Å²) in [5.74, 6) is -0.381. The molecule has 6 heteroatoms. The van der Waals surface area contributed by atoms with Crippen molar-refractivity contribution in [3.05, 3.63) is 54.0 Å². The molecule has 0 aliphatic rings. The number of benzene rings is 1. The molecule has 25 heavy (non-hydrogen) atoms. The summed E-state index contributed by atoms with van der Waals surface area (Å²) in [5, 5.41) is 12.0. The number of nitrogens with zero attached hydrogens (tertiary/aromatic N) is 1. The number of aliphatic hydroxyl groups is 1. The normalized spacial score (nSPS) is 11.2. The van der Waals surface area contributed by atoms with E-state index in [1.165, 1.54) is 11.2 Å². The number of carbonyl (C=O) groups excluding carboxylic acids is 2. The van der Waals surface area contributed by atoms with Crippen LogP contribution in [-0.4, -0.2) is 37.1 Å². The molecule has 0 aliphatic carbocycles. The van der Waals surface area contributed by atoms with Crippen molar-refractivity contribution in [1.82, 2.24) is 5.32 Å². The summed E-state index contributed by atoms with van der Waals surface area (Å²) < 4.78 is 5.14. The van der Waals surface area contributed by atoms with E-state index in [2.05, 4.69) is 5.32 Å². The maximum Gasteiger partial charge on any atom is 0.293 e. The molecule has 1 aromatic heterocycles. The van der Waals surface area contributed by atoms with Gasteiger partial charge < -0.3 is 19.7 Å². The monoisotopic (exact) mass is 344 g/mol. The molecule has 1 aromatic carbocycles. The van der Waals surface area contributed by atoms with Crippen LogP contribution in [0.5, 0.6) is 0 Å². The largest absolute Gasteiger partial charge is 0.459 e. The molecular formula is C19H24N2O4. The molecule has 2 amide bonds. The Kier molecular flexibility index (Phi) is 5.98. The fourth-order valence-electron chi connectivity index (χ4n) is 2.44. The summed E-state index contributed by atoms with van der Waals surface area (Å²) in [6.45, 7) is 4.44. The number of nitrogens with one attached hydrogen (secondary N) is 1. The van der Waals surface area contributed by atoms with Gasteiger partial charge in [0.05, 0.1) is 17.5 Å². The van der Waals surface area contributed by atoms with Gasteiger partial charge in [-0.2, -0.15) is 0 Å². The van der Waals surface area contributed by atoms with Crippen molar-refractivity contribution in [3.8, 4) is 0 Å². The van der Waals surface area contributed by atoms with Gasteiger partial charge in [0, 0.05) is 20.2 Å². The van der Waals surface area contributed by atoms with E-state index in [4.69, 9.17) is 9.52 Å². The van der Waals surface area contributed by atoms with Gasteiger partial charge in [0.1, 0.15) is 0 Å². The second kappa shape index (κ2) is 7.98. The number of para-hydroxylation sites is 1. The van der Waals surface area contributed by atoms with Crippen LogP contribution in [0.1, 0.15) is 41.2 Å². The fourth-order valence-corrected chi connectivity index (χ4v) is 2.44. The summed E-state index contributed by atoms with van der Waals surface area (Å²) in [6, 6.07) is 10.1. The zero-order valence-corrected chi connectivity index (χ0v) is 14.8. The summed E-state index contributed by atoms with van der Waals surface area (Å²) in [4.78, 5) is 26.4. The van der Waals surface area contributed by atoms with Crippen LogP contribution in [0, 0.1) is 5.41 Å². The van der Waals surface area contributed by atoms with Crippen LogP contribution < -0.4 is 10.2 Å². The second-order valence-corrected chi connectivity index (χ2v) is 6.68. The topological polar surface area (TPSA) is 82.8 Å². The van der Waals surface area contributed by atoms with Crippen molar-refractivity contribution in [2.75, 3.05) is 25.1 Å². The molecular weight excluding hydrogens is 320 g/mol. The summed E-state index contributed by atoms with van der Waals surface area (Å²) >= 11 is 0. The highest BCUT2D eigenvalue weighted by molar-refractivity contribution is 6.09. The van der Waals surface area contributed by atoms with Gasteiger partial charge in [0.15, 0.2) is 5.76 Å². The zero-order chi connectivity index (χ0) is 18.4. The van der Waals surface area contributed by atoms with Crippen molar-refractivity contribution in [2.45, 2.75) is 20.3 Å². The molecule has 0 atom stereocenters. The Morgan fingerprint density at radius 2 is 1.92 bits per heavy atom. The first-order valence-electron chi connectivity index (χ1n) is 8.15. The maximum atomic E-state index is 12.6. The van der Waals surface area contributed by atoms with Crippen molar-refractivity contribution in [3.63, 3.8) is 0 Å². The molecule has 2 N–H and O–H groups in total. The van der Waals surface area contributed by atoms with E-state index >= 15 is 0 Å². The van der Waals surface area contributed by atoms with Gasteiger partial charge in [0.25, 0.3) is 11.8 Å². The highest BCUT2D eigenvalue weighted by atomic mass is 16.3. The predicted octanol–water partition coefficient (Wildman–Crippen LogP) is 2.69. The molecule has 1 heterocycles. The third-order valence-electron chi connectivity index (χ3n) is 4.06. The predicted molar refractivity (Wildman–Crippen MR) is 95.7 cm³/mol. The van der Waals surface area contributed by atoms with Gasteiger partial charge >= 0.3 is 0 Å². The highest BCUT2D eigenvalue weighted by Gasteiger charge is 2.23. The third kappa shape index (κ3) is 4.70. The second-order valence-electron chi connectivity index (χ2n) is 6.68. The Morgan fingerprint density at radius 1 is 1.20 bits per heavy atom. The molecule has 0 saturated heterocycles. The lowest BCUT2D eigenvalue weighted by Gasteiger charge is -2.25. The van der Waals surface area contributed by atoms with Crippen LogP contribution in [0.2, 0.25) is 0 Å². The first-order valence-corrected chi connectivity index (χ1v) is 8.15. The standard InChI is InChI=1S/C19H24N2O4/c1-19(2,10-11-22)13-20-17(23)14-7-4-5-8-15(14)21(3)18(24)16-9-6-12-25-16/h4-9,12,22H,10-11,13H2,1-3H3,(H,20,23). The molecule has 2 rings (SSSR count). The van der Waals surface area contributed by atoms with E-state index in [1.807, 2.05) is 13.8 Å². The molecule has 134 valence electrons. The van der Waals surface area contributed by atoms with E-state index in [1.54, 1.807) is 43.4 Å². The van der Waals surface area contributed by atoms with E-state index in [0.717, 1.165) is 0 Å². The van der Waals surface area contributed by atoms with Gasteiger partial charge in [0.2, 0.25) is 0 Å². The van der Waals surface area contributed by atoms with Crippen LogP contribution >= 0.6 is 0 Å². The van der Waals surface area contributed by atoms with Gasteiger partial charge in [-0.15, -0.1) is 0 Å². The molecule has 0 unspecified atom stereocenters. The van der Waals surface area contributed by atoms with Gasteiger partial charge in [-0.05, 0) is 36.1 Å². The van der Waals surface area contributed by atoms with E-state index in [-0.39, 0.29) is 29.6 Å². The SMILES string of the molecule is CN(C(=O)c1ccco1)c1ccccc1C(=O)NCC(C)(C)CCO. The zero-order valence-electron chi connectivity index (χ0n) is 14.8. The van der Waals surface area contributed by atoms with E-state index < -0.39 is 0 Å². The van der Waals surface area contributed by atoms with Crippen LogP contribution in [0.15, 0.2) is 47.1 Å². The molecule has 0 radical (unpaired) electrons. The Morgan fingerprint density at radius 3 is 2.56 bits per heavy atom. The summed E-state index contributed by atoms with van der Waals surface area (Å²) in [7, 11) is 1.60. The minimum absolute atomic E-state index is 0.0693. The average Bonchev–Trinajstić information content (AvgIpc) is 3.13. The van der Waals surface area contributed by atoms with E-state index in [0.29, 0.717) is 24.2 Å². The molecule has 0 saturated carbocycles. The van der Waals surface area contributed by atoms with Gasteiger partial charge in [-0.1, -0.05) is 26.0 Å². The van der Waals surface area contributed by atoms with Crippen molar-refractivity contribution >= 4 is 17.5 Å². The van der Waals surface area contributed by atoms with Gasteiger partial charge in [-0.25, -0.2) is 0 Å². The number of furan rings is 1. The number of carbonyl (C=O) groups is 2. The minimum Gasteiger partial charge on any atom is -0.459 e. The number of hydrogen-bond acceptors (Lipinski definition) is 4. The van der Waals surface area contributed by atoms with Crippen molar-refractivity contribution < 1.29 is 19.1 Å². The van der Waals surface area contributed by atoms with Crippen LogP contribution in [0.4, 0.5) is 5.69 Å². The first-order chi connectivity index (χ1) is 11.9. The highest BCUT2D eigenvalue weighted by Crippen LogP contribution is 2.23. The lowest BCUT2D eigenvalue weighted by molar-refractivity contribution is 0.0928. The lowest BCUT2D eigenvalue weighted by atomic mass is 9.89. The molecule has 2 aromatic rings. The fraction of sp³-hybridized carbons (Fsp3) is 0.368. The molecule has 0 spiro atoms. The van der Waals surface area contributed by atoms with Crippen LogP contribution in [0.3, 0.4) is 0 Å². The molecule has 0 fully saturated rings. The number of amides is 2. The first kappa shape index (κ1) is 18.7. The third-order valence-corrected chi connectivity index (χ3v) is 4.06. The van der Waals surface area contributed by atoms with Crippen molar-refractivity contribution in [2.24, 2.45) is 5.41 Å². The number of anilines is 1. The molecule has 6 nitrogen and oxygen atoms in total. The average molecular weight is 344 g/mol. The van der Waals surface area contributed by atoms with Crippen molar-refractivity contribution in [1.29, 1.82) is 0 Å². The Labute approximate surface area is 147 Å². The minimum atomic E-state index is -0.328. The number of hydrogen-bond donors (Lipinski definition) is 2. The van der Waals surface area contributed by atoms with Crippen LogP contribution in [0.25, 0.3) is 0 Å². The van der Waals surface area contributed by atoms with E-state index in [9.17, 15) is 9.59 Å².